The van der Waals surface area contributed by atoms with Crippen molar-refractivity contribution >= 4 is 71.5 Å². The zero-order valence-corrected chi connectivity index (χ0v) is 24.9. The zero-order chi connectivity index (χ0) is 27.1. The van der Waals surface area contributed by atoms with Crippen LogP contribution in [0.4, 0.5) is 11.9 Å². The summed E-state index contributed by atoms with van der Waals surface area (Å²) in [5.41, 5.74) is 15.3. The van der Waals surface area contributed by atoms with E-state index in [4.69, 9.17) is 11.5 Å². The summed E-state index contributed by atoms with van der Waals surface area (Å²) < 4.78 is 4.00. The molecule has 2 amide bonds. The van der Waals surface area contributed by atoms with E-state index in [1.165, 1.54) is 0 Å². The summed E-state index contributed by atoms with van der Waals surface area (Å²) in [7, 11) is 1.81. The first-order valence-electron chi connectivity index (χ1n) is 11.7. The van der Waals surface area contributed by atoms with Gasteiger partial charge in [-0.15, -0.1) is 0 Å². The van der Waals surface area contributed by atoms with Crippen molar-refractivity contribution in [3.8, 4) is 0 Å². The molecular weight excluding hydrogens is 688 g/mol. The lowest BCUT2D eigenvalue weighted by Gasteiger charge is -2.37. The van der Waals surface area contributed by atoms with E-state index in [0.717, 1.165) is 26.0 Å². The van der Waals surface area contributed by atoms with Crippen LogP contribution in [-0.2, 0) is 13.5 Å². The number of aryl methyl sites for hydroxylation is 1. The number of hydrogen-bond donors (Lipinski definition) is 7. The molecule has 12 nitrogen and oxygen atoms in total. The lowest BCUT2D eigenvalue weighted by molar-refractivity contribution is 0.0904. The Balaban J connectivity index is 1.44. The molecule has 0 saturated carbocycles. The molecule has 0 aliphatic heterocycles. The van der Waals surface area contributed by atoms with Gasteiger partial charge in [0.2, 0.25) is 0 Å². The molecule has 9 N–H and O–H groups in total. The Hall–Kier alpha value is -3.04. The van der Waals surface area contributed by atoms with Crippen LogP contribution in [0.2, 0.25) is 0 Å². The van der Waals surface area contributed by atoms with E-state index < -0.39 is 0 Å². The fourth-order valence-electron chi connectivity index (χ4n) is 5.04. The summed E-state index contributed by atoms with van der Waals surface area (Å²) in [6, 6.07) is 3.47. The van der Waals surface area contributed by atoms with Crippen molar-refractivity contribution in [3.05, 3.63) is 66.5 Å². The fraction of sp³-hybridized carbons (Fsp3) is 0.304. The maximum absolute atomic E-state index is 13.0. The second kappa shape index (κ2) is 10.6. The van der Waals surface area contributed by atoms with Crippen LogP contribution in [0.25, 0.3) is 0 Å². The number of halogens is 3. The molecule has 1 aliphatic rings. The number of carbonyl (C=O) groups is 2. The summed E-state index contributed by atoms with van der Waals surface area (Å²) >= 11 is 10.2. The number of H-pyrrole nitrogens is 3. The monoisotopic (exact) mass is 710 g/mol. The third kappa shape index (κ3) is 5.27. The Kier molecular flexibility index (Phi) is 7.42. The van der Waals surface area contributed by atoms with Gasteiger partial charge in [0, 0.05) is 48.1 Å². The summed E-state index contributed by atoms with van der Waals surface area (Å²) in [6.07, 6.45) is 4.07. The summed E-state index contributed by atoms with van der Waals surface area (Å²) in [5.74, 6) is -0.426. The highest BCUT2D eigenvalue weighted by Crippen LogP contribution is 2.42. The van der Waals surface area contributed by atoms with E-state index in [9.17, 15) is 9.59 Å². The van der Waals surface area contributed by atoms with Crippen LogP contribution >= 0.6 is 47.8 Å². The highest BCUT2D eigenvalue weighted by molar-refractivity contribution is 9.13. The standard InChI is InChI=1S/C23H25Br3N10O2/c1-36-8-10(24)3-16(36)21(38)29-5-9-2-13-18(35-23(28)33-13)17(15-7-31-22(27)34-15)11(9)6-30-20(37)14-4-12(25)19(26)32-14/h3-4,7-9,11,17,32H,2,5-6H2,1H3,(H,29,38)(H,30,37)(H3,27,31,34)(H3,28,33,35)/t9?,11-,17?/m1/s1. The number of nitrogen functional groups attached to an aromatic ring is 2. The first-order chi connectivity index (χ1) is 18.1. The quantitative estimate of drug-likeness (QED) is 0.154. The first kappa shape index (κ1) is 26.6. The average Bonchev–Trinajstić information content (AvgIpc) is 3.62. The lowest BCUT2D eigenvalue weighted by atomic mass is 9.71. The second-order valence-corrected chi connectivity index (χ2v) is 11.8. The normalized spacial score (nSPS) is 18.8. The third-order valence-corrected chi connectivity index (χ3v) is 8.99. The van der Waals surface area contributed by atoms with E-state index >= 15 is 0 Å². The van der Waals surface area contributed by atoms with E-state index in [1.54, 1.807) is 22.9 Å². The maximum atomic E-state index is 13.0. The van der Waals surface area contributed by atoms with E-state index in [1.807, 2.05) is 13.2 Å². The second-order valence-electron chi connectivity index (χ2n) is 9.23. The van der Waals surface area contributed by atoms with E-state index in [2.05, 4.69) is 83.3 Å². The number of nitrogens with two attached hydrogens (primary N) is 2. The van der Waals surface area contributed by atoms with Gasteiger partial charge in [-0.1, -0.05) is 0 Å². The predicted molar refractivity (Wildman–Crippen MR) is 152 cm³/mol. The van der Waals surface area contributed by atoms with Crippen LogP contribution in [0.3, 0.4) is 0 Å². The average molecular weight is 713 g/mol. The van der Waals surface area contributed by atoms with Crippen molar-refractivity contribution in [3.63, 3.8) is 0 Å². The number of amides is 2. The van der Waals surface area contributed by atoms with E-state index in [-0.39, 0.29) is 35.5 Å². The number of anilines is 2. The van der Waals surface area contributed by atoms with Gasteiger partial charge in [0.05, 0.1) is 21.0 Å². The summed E-state index contributed by atoms with van der Waals surface area (Å²) in [4.78, 5) is 44.1. The molecule has 0 radical (unpaired) electrons. The Morgan fingerprint density at radius 2 is 1.84 bits per heavy atom. The number of imidazole rings is 2. The number of hydrogen-bond acceptors (Lipinski definition) is 6. The van der Waals surface area contributed by atoms with Gasteiger partial charge in [-0.3, -0.25) is 9.59 Å². The predicted octanol–water partition coefficient (Wildman–Crippen LogP) is 3.03. The maximum Gasteiger partial charge on any atom is 0.267 e. The van der Waals surface area contributed by atoms with Crippen molar-refractivity contribution in [1.29, 1.82) is 0 Å². The topological polar surface area (TPSA) is 188 Å². The van der Waals surface area contributed by atoms with Gasteiger partial charge in [-0.2, -0.15) is 0 Å². The Bertz CT molecular complexity index is 1480. The molecule has 0 spiro atoms. The Morgan fingerprint density at radius 3 is 2.47 bits per heavy atom. The minimum Gasteiger partial charge on any atom is -0.369 e. The van der Waals surface area contributed by atoms with Crippen LogP contribution < -0.4 is 22.1 Å². The number of fused-ring (bicyclic) bond motifs is 1. The number of nitrogens with one attached hydrogen (secondary N) is 5. The number of aromatic amines is 3. The molecule has 4 heterocycles. The van der Waals surface area contributed by atoms with Crippen LogP contribution in [-0.4, -0.2) is 54.4 Å². The van der Waals surface area contributed by atoms with Crippen LogP contribution in [0, 0.1) is 11.8 Å². The van der Waals surface area contributed by atoms with Crippen LogP contribution in [0.5, 0.6) is 0 Å². The molecule has 4 aromatic rings. The van der Waals surface area contributed by atoms with E-state index in [0.29, 0.717) is 41.4 Å². The largest absolute Gasteiger partial charge is 0.369 e. The molecule has 3 atom stereocenters. The van der Waals surface area contributed by atoms with Gasteiger partial charge in [0.1, 0.15) is 11.4 Å². The van der Waals surface area contributed by atoms with Crippen molar-refractivity contribution in [1.82, 2.24) is 40.1 Å². The number of rotatable bonds is 7. The molecule has 2 unspecified atom stereocenters. The molecule has 200 valence electrons. The minimum atomic E-state index is -0.300. The first-order valence-corrected chi connectivity index (χ1v) is 14.1. The SMILES string of the molecule is Cn1cc(Br)cc1C(=O)NCC1Cc2[nH]c(N)nc2C(c2cnc(N)[nH]2)[C@@H]1CNC(=O)c1cc(Br)c(Br)[nH]1. The lowest BCUT2D eigenvalue weighted by Crippen LogP contribution is -2.44. The van der Waals surface area contributed by atoms with Gasteiger partial charge in [0.25, 0.3) is 11.8 Å². The molecule has 5 rings (SSSR count). The molecule has 0 bridgehead atoms. The van der Waals surface area contributed by atoms with Crippen molar-refractivity contribution in [2.45, 2.75) is 12.3 Å². The molecule has 15 heteroatoms. The van der Waals surface area contributed by atoms with Crippen LogP contribution in [0.15, 0.2) is 38.1 Å². The zero-order valence-electron chi connectivity index (χ0n) is 20.1. The van der Waals surface area contributed by atoms with Crippen molar-refractivity contribution in [2.75, 3.05) is 24.6 Å². The van der Waals surface area contributed by atoms with Crippen LogP contribution in [0.1, 0.15) is 44.0 Å². The highest BCUT2D eigenvalue weighted by Gasteiger charge is 2.41. The minimum absolute atomic E-state index is 0.0769. The molecule has 4 aromatic heterocycles. The number of aromatic nitrogens is 6. The Morgan fingerprint density at radius 1 is 1.08 bits per heavy atom. The Labute approximate surface area is 242 Å². The molecule has 0 fully saturated rings. The molecular formula is C23H25Br3N10O2. The number of nitrogens with zero attached hydrogens (tertiary/aromatic N) is 3. The third-order valence-electron chi connectivity index (χ3n) is 6.77. The number of carbonyl (C=O) groups excluding carboxylic acids is 2. The smallest absolute Gasteiger partial charge is 0.267 e. The van der Waals surface area contributed by atoms with Gasteiger partial charge in [-0.25, -0.2) is 9.97 Å². The van der Waals surface area contributed by atoms with Crippen molar-refractivity contribution in [2.24, 2.45) is 18.9 Å². The van der Waals surface area contributed by atoms with Gasteiger partial charge < -0.3 is 41.6 Å². The van der Waals surface area contributed by atoms with Crippen molar-refractivity contribution < 1.29 is 9.59 Å². The summed E-state index contributed by atoms with van der Waals surface area (Å²) in [6.45, 7) is 0.666. The highest BCUT2D eigenvalue weighted by atomic mass is 79.9. The molecule has 0 saturated heterocycles. The van der Waals surface area contributed by atoms with Gasteiger partial charge >= 0.3 is 0 Å². The molecule has 0 aromatic carbocycles. The summed E-state index contributed by atoms with van der Waals surface area (Å²) in [5, 5.41) is 6.12. The fourth-order valence-corrected chi connectivity index (χ4v) is 6.22. The van der Waals surface area contributed by atoms with Gasteiger partial charge in [-0.05, 0) is 78.2 Å². The van der Waals surface area contributed by atoms with Gasteiger partial charge in [0.15, 0.2) is 11.9 Å². The molecule has 38 heavy (non-hydrogen) atoms. The molecule has 1 aliphatic carbocycles.